The molecule has 84 valence electrons. The van der Waals surface area contributed by atoms with Gasteiger partial charge in [-0.2, -0.15) is 0 Å². The molecule has 1 aromatic carbocycles. The van der Waals surface area contributed by atoms with Gasteiger partial charge in [-0.25, -0.2) is 4.79 Å². The highest BCUT2D eigenvalue weighted by Crippen LogP contribution is 2.13. The topological polar surface area (TPSA) is 109 Å². The van der Waals surface area contributed by atoms with E-state index in [1.807, 2.05) is 0 Å². The molecule has 4 N–H and O–H groups in total. The Hall–Kier alpha value is -1.92. The minimum Gasteiger partial charge on any atom is -0.408 e. The fraction of sp³-hybridized carbons (Fsp3) is 0.200. The third kappa shape index (κ3) is 1.75. The number of aromatic nitrogens is 1. The molecule has 0 bridgehead atoms. The number of nitrogens with one attached hydrogen (secondary N) is 1. The van der Waals surface area contributed by atoms with E-state index >= 15 is 0 Å². The molecule has 0 fully saturated rings. The molecule has 16 heavy (non-hydrogen) atoms. The van der Waals surface area contributed by atoms with Gasteiger partial charge in [0.05, 0.1) is 5.52 Å². The van der Waals surface area contributed by atoms with Gasteiger partial charge in [-0.3, -0.25) is 9.78 Å². The van der Waals surface area contributed by atoms with E-state index in [1.165, 1.54) is 18.2 Å². The first-order valence-corrected chi connectivity index (χ1v) is 4.67. The van der Waals surface area contributed by atoms with E-state index in [0.29, 0.717) is 11.1 Å². The number of nitrogens with two attached hydrogens (primary N) is 1. The van der Waals surface area contributed by atoms with E-state index in [4.69, 9.17) is 10.2 Å². The van der Waals surface area contributed by atoms with Crippen LogP contribution < -0.4 is 11.5 Å². The second-order valence-electron chi connectivity index (χ2n) is 3.34. The second-order valence-corrected chi connectivity index (χ2v) is 3.34. The molecule has 0 saturated carbocycles. The van der Waals surface area contributed by atoms with Crippen LogP contribution >= 0.6 is 0 Å². The summed E-state index contributed by atoms with van der Waals surface area (Å²) in [6, 6.07) is 4.41. The van der Waals surface area contributed by atoms with Crippen LogP contribution in [-0.2, 0) is 0 Å². The summed E-state index contributed by atoms with van der Waals surface area (Å²) in [6.07, 6.45) is -1.23. The van der Waals surface area contributed by atoms with Gasteiger partial charge in [0.1, 0.15) is 6.10 Å². The molecule has 0 aliphatic rings. The normalized spacial score (nSPS) is 12.9. The van der Waals surface area contributed by atoms with E-state index in [2.05, 4.69) is 4.98 Å². The Morgan fingerprint density at radius 2 is 2.31 bits per heavy atom. The monoisotopic (exact) mass is 222 g/mol. The smallest absolute Gasteiger partial charge is 0.408 e. The molecule has 2 aromatic rings. The maximum atomic E-state index is 11.6. The molecule has 0 aliphatic heterocycles. The highest BCUT2D eigenvalue weighted by Gasteiger charge is 2.16. The van der Waals surface area contributed by atoms with Gasteiger partial charge in [0.2, 0.25) is 0 Å². The lowest BCUT2D eigenvalue weighted by atomic mass is 10.1. The van der Waals surface area contributed by atoms with E-state index in [0.717, 1.165) is 0 Å². The van der Waals surface area contributed by atoms with Crippen molar-refractivity contribution in [3.05, 3.63) is 34.3 Å². The highest BCUT2D eigenvalue weighted by molar-refractivity contribution is 6.01. The van der Waals surface area contributed by atoms with Crippen LogP contribution in [0.25, 0.3) is 11.1 Å². The van der Waals surface area contributed by atoms with Crippen molar-refractivity contribution in [3.8, 4) is 0 Å². The summed E-state index contributed by atoms with van der Waals surface area (Å²) in [5, 5.41) is 9.29. The van der Waals surface area contributed by atoms with E-state index in [1.54, 1.807) is 0 Å². The summed E-state index contributed by atoms with van der Waals surface area (Å²) in [6.45, 7) is -0.140. The number of Topliss-reactive ketones (excluding diaryl/α,β-unsaturated/α-hetero) is 1. The largest absolute Gasteiger partial charge is 0.417 e. The van der Waals surface area contributed by atoms with Crippen molar-refractivity contribution >= 4 is 16.9 Å². The number of carbonyl (C=O) groups is 1. The third-order valence-electron chi connectivity index (χ3n) is 2.23. The van der Waals surface area contributed by atoms with Crippen molar-refractivity contribution < 1.29 is 14.3 Å². The summed E-state index contributed by atoms with van der Waals surface area (Å²) in [4.78, 5) is 24.9. The Kier molecular flexibility index (Phi) is 2.59. The van der Waals surface area contributed by atoms with Crippen LogP contribution in [0.1, 0.15) is 10.4 Å². The number of aromatic amines is 1. The molecule has 1 unspecified atom stereocenters. The SMILES string of the molecule is NCC(O)C(=O)c1ccc2oc(=O)[nH]c2c1. The third-order valence-corrected chi connectivity index (χ3v) is 2.23. The Labute approximate surface area is 89.7 Å². The first-order valence-electron chi connectivity index (χ1n) is 4.67. The number of aliphatic hydroxyl groups is 1. The number of H-pyrrole nitrogens is 1. The maximum Gasteiger partial charge on any atom is 0.417 e. The van der Waals surface area contributed by atoms with Crippen molar-refractivity contribution in [3.63, 3.8) is 0 Å². The summed E-state index contributed by atoms with van der Waals surface area (Å²) in [5.74, 6) is -1.06. The molecule has 0 amide bonds. The van der Waals surface area contributed by atoms with E-state index in [9.17, 15) is 14.7 Å². The molecule has 0 saturated heterocycles. The molecular formula is C10H10N2O4. The highest BCUT2D eigenvalue weighted by atomic mass is 16.4. The lowest BCUT2D eigenvalue weighted by Gasteiger charge is -2.05. The molecule has 1 aromatic heterocycles. The number of ketones is 1. The van der Waals surface area contributed by atoms with Crippen molar-refractivity contribution in [2.75, 3.05) is 6.54 Å². The van der Waals surface area contributed by atoms with Crippen LogP contribution in [-0.4, -0.2) is 28.5 Å². The Morgan fingerprint density at radius 1 is 1.56 bits per heavy atom. The number of fused-ring (bicyclic) bond motifs is 1. The van der Waals surface area contributed by atoms with Crippen LogP contribution in [0.15, 0.2) is 27.4 Å². The molecular weight excluding hydrogens is 212 g/mol. The molecule has 1 atom stereocenters. The zero-order chi connectivity index (χ0) is 11.7. The standard InChI is InChI=1S/C10H10N2O4/c11-4-7(13)9(14)5-1-2-8-6(3-5)12-10(15)16-8/h1-3,7,13H,4,11H2,(H,12,15). The molecule has 6 heteroatoms. The number of benzene rings is 1. The molecule has 0 spiro atoms. The first kappa shape index (κ1) is 10.6. The Balaban J connectivity index is 2.46. The Morgan fingerprint density at radius 3 is 3.00 bits per heavy atom. The molecule has 6 nitrogen and oxygen atoms in total. The lowest BCUT2D eigenvalue weighted by molar-refractivity contribution is 0.0763. The molecule has 0 radical (unpaired) electrons. The fourth-order valence-corrected chi connectivity index (χ4v) is 1.40. The lowest BCUT2D eigenvalue weighted by Crippen LogP contribution is -2.29. The van der Waals surface area contributed by atoms with Gasteiger partial charge in [-0.05, 0) is 18.2 Å². The number of hydrogen-bond acceptors (Lipinski definition) is 5. The summed E-state index contributed by atoms with van der Waals surface area (Å²) in [7, 11) is 0. The van der Waals surface area contributed by atoms with Gasteiger partial charge < -0.3 is 15.3 Å². The zero-order valence-electron chi connectivity index (χ0n) is 8.27. The quantitative estimate of drug-likeness (QED) is 0.613. The van der Waals surface area contributed by atoms with Crippen LogP contribution in [0.4, 0.5) is 0 Å². The number of oxazole rings is 1. The summed E-state index contributed by atoms with van der Waals surface area (Å²) < 4.78 is 4.78. The van der Waals surface area contributed by atoms with Gasteiger partial charge >= 0.3 is 5.76 Å². The van der Waals surface area contributed by atoms with Crippen LogP contribution in [0.2, 0.25) is 0 Å². The van der Waals surface area contributed by atoms with Gasteiger partial charge in [0.15, 0.2) is 11.4 Å². The van der Waals surface area contributed by atoms with Crippen molar-refractivity contribution in [1.29, 1.82) is 0 Å². The van der Waals surface area contributed by atoms with Crippen LogP contribution in [0, 0.1) is 0 Å². The number of rotatable bonds is 3. The van der Waals surface area contributed by atoms with Crippen molar-refractivity contribution in [2.45, 2.75) is 6.10 Å². The average Bonchev–Trinajstić information content (AvgIpc) is 2.65. The van der Waals surface area contributed by atoms with Gasteiger partial charge in [0, 0.05) is 12.1 Å². The fourth-order valence-electron chi connectivity index (χ4n) is 1.40. The predicted octanol–water partition coefficient (Wildman–Crippen LogP) is -0.377. The van der Waals surface area contributed by atoms with E-state index in [-0.39, 0.29) is 12.1 Å². The minimum atomic E-state index is -1.23. The number of hydrogen-bond donors (Lipinski definition) is 3. The van der Waals surface area contributed by atoms with Gasteiger partial charge in [-0.15, -0.1) is 0 Å². The molecule has 2 rings (SSSR count). The maximum absolute atomic E-state index is 11.6. The minimum absolute atomic E-state index is 0.140. The summed E-state index contributed by atoms with van der Waals surface area (Å²) in [5.41, 5.74) is 6.24. The van der Waals surface area contributed by atoms with Gasteiger partial charge in [0.25, 0.3) is 0 Å². The van der Waals surface area contributed by atoms with Crippen LogP contribution in [0.3, 0.4) is 0 Å². The van der Waals surface area contributed by atoms with Crippen molar-refractivity contribution in [2.24, 2.45) is 5.73 Å². The van der Waals surface area contributed by atoms with Crippen molar-refractivity contribution in [1.82, 2.24) is 4.98 Å². The van der Waals surface area contributed by atoms with E-state index < -0.39 is 17.6 Å². The number of aliphatic hydroxyl groups excluding tert-OH is 1. The average molecular weight is 222 g/mol. The first-order chi connectivity index (χ1) is 7.61. The second kappa shape index (κ2) is 3.92. The zero-order valence-corrected chi connectivity index (χ0v) is 8.27. The molecule has 1 heterocycles. The Bertz CT molecular complexity index is 584. The molecule has 0 aliphatic carbocycles. The predicted molar refractivity (Wildman–Crippen MR) is 56.2 cm³/mol. The van der Waals surface area contributed by atoms with Crippen LogP contribution in [0.5, 0.6) is 0 Å². The van der Waals surface area contributed by atoms with Gasteiger partial charge in [-0.1, -0.05) is 0 Å². The number of carbonyl (C=O) groups excluding carboxylic acids is 1. The summed E-state index contributed by atoms with van der Waals surface area (Å²) >= 11 is 0.